The summed E-state index contributed by atoms with van der Waals surface area (Å²) >= 11 is 12.2. The van der Waals surface area contributed by atoms with Crippen LogP contribution >= 0.6 is 23.2 Å². The van der Waals surface area contributed by atoms with E-state index < -0.39 is 12.0 Å². The second kappa shape index (κ2) is 7.29. The second-order valence-corrected chi connectivity index (χ2v) is 7.83. The Hall–Kier alpha value is -1.84. The van der Waals surface area contributed by atoms with Crippen molar-refractivity contribution < 1.29 is 9.84 Å². The molecule has 0 amide bonds. The van der Waals surface area contributed by atoms with Crippen LogP contribution in [0.4, 0.5) is 0 Å². The third-order valence-corrected chi connectivity index (χ3v) is 5.92. The van der Waals surface area contributed by atoms with E-state index in [-0.39, 0.29) is 0 Å². The summed E-state index contributed by atoms with van der Waals surface area (Å²) in [5.41, 5.74) is 1.31. The van der Waals surface area contributed by atoms with Crippen molar-refractivity contribution in [3.8, 4) is 11.8 Å². The number of nitriles is 1. The first-order chi connectivity index (χ1) is 13.0. The van der Waals surface area contributed by atoms with Gasteiger partial charge in [0.05, 0.1) is 16.3 Å². The number of fused-ring (bicyclic) bond motifs is 1. The quantitative estimate of drug-likeness (QED) is 0.744. The zero-order chi connectivity index (χ0) is 19.0. The van der Waals surface area contributed by atoms with E-state index in [4.69, 9.17) is 33.2 Å². The second-order valence-electron chi connectivity index (χ2n) is 7.03. The lowest BCUT2D eigenvalue weighted by molar-refractivity contribution is -0.175. The van der Waals surface area contributed by atoms with Gasteiger partial charge in [-0.2, -0.15) is 5.26 Å². The molecule has 1 atom stereocenters. The average Bonchev–Trinajstić information content (AvgIpc) is 2.99. The smallest absolute Gasteiger partial charge is 0.166 e. The maximum absolute atomic E-state index is 11.0. The number of pyridine rings is 1. The van der Waals surface area contributed by atoms with E-state index in [1.54, 1.807) is 24.3 Å². The highest BCUT2D eigenvalue weighted by molar-refractivity contribution is 6.31. The fourth-order valence-electron chi connectivity index (χ4n) is 4.05. The normalized spacial score (nSPS) is 21.5. The Morgan fingerprint density at radius 2 is 1.96 bits per heavy atom. The van der Waals surface area contributed by atoms with Crippen molar-refractivity contribution in [3.05, 3.63) is 57.3 Å². The fraction of sp³-hybridized carbons (Fsp3) is 0.400. The third kappa shape index (κ3) is 3.39. The molecule has 2 aliphatic rings. The molecular weight excluding hydrogens is 385 g/mol. The minimum atomic E-state index is -0.795. The summed E-state index contributed by atoms with van der Waals surface area (Å²) in [6.45, 7) is 0.473. The third-order valence-electron chi connectivity index (χ3n) is 5.40. The number of aliphatic hydroxyl groups is 1. The number of hydrogen-bond donors (Lipinski definition) is 1. The highest BCUT2D eigenvalue weighted by Gasteiger charge is 2.47. The molecule has 140 valence electrons. The Labute approximate surface area is 168 Å². The Kier molecular flexibility index (Phi) is 5.00. The number of hydrogen-bond acceptors (Lipinski definition) is 5. The number of aromatic nitrogens is 1. The van der Waals surface area contributed by atoms with Gasteiger partial charge < -0.3 is 9.84 Å². The van der Waals surface area contributed by atoms with Crippen LogP contribution in [0.2, 0.25) is 10.2 Å². The van der Waals surface area contributed by atoms with Crippen molar-refractivity contribution in [3.63, 3.8) is 0 Å². The molecule has 5 nitrogen and oxygen atoms in total. The predicted octanol–water partition coefficient (Wildman–Crippen LogP) is 4.81. The van der Waals surface area contributed by atoms with Crippen LogP contribution in [0.25, 0.3) is 0 Å². The van der Waals surface area contributed by atoms with Gasteiger partial charge in [-0.15, -0.1) is 0 Å². The standard InChI is InChI=1S/C20H19Cl2N3O2/c21-16-10-14(5-4-13(16)11-23)27-20(8-2-1-3-9-20)25-12-17-15(19(25)26)6-7-18(22)24-17/h4-7,10,19,26H,1-3,8-9,12H2. The van der Waals surface area contributed by atoms with E-state index in [1.807, 2.05) is 11.0 Å². The molecule has 1 aromatic carbocycles. The van der Waals surface area contributed by atoms with Crippen molar-refractivity contribution in [1.82, 2.24) is 9.88 Å². The molecule has 27 heavy (non-hydrogen) atoms. The van der Waals surface area contributed by atoms with Crippen LogP contribution in [0.1, 0.15) is 55.2 Å². The summed E-state index contributed by atoms with van der Waals surface area (Å²) in [5.74, 6) is 0.593. The van der Waals surface area contributed by atoms with Crippen molar-refractivity contribution >= 4 is 23.2 Å². The molecular formula is C20H19Cl2N3O2. The number of nitrogens with zero attached hydrogens (tertiary/aromatic N) is 3. The lowest BCUT2D eigenvalue weighted by Gasteiger charge is -2.45. The van der Waals surface area contributed by atoms with Crippen molar-refractivity contribution in [1.29, 1.82) is 5.26 Å². The van der Waals surface area contributed by atoms with Gasteiger partial charge in [0.15, 0.2) is 5.72 Å². The number of rotatable bonds is 3. The lowest BCUT2D eigenvalue weighted by Crippen LogP contribution is -2.53. The van der Waals surface area contributed by atoms with Gasteiger partial charge in [-0.1, -0.05) is 35.7 Å². The molecule has 0 bridgehead atoms. The van der Waals surface area contributed by atoms with Crippen LogP contribution in [0, 0.1) is 11.3 Å². The highest BCUT2D eigenvalue weighted by Crippen LogP contribution is 2.44. The predicted molar refractivity (Wildman–Crippen MR) is 102 cm³/mol. The summed E-state index contributed by atoms with van der Waals surface area (Å²) in [5, 5.41) is 20.8. The van der Waals surface area contributed by atoms with Crippen molar-refractivity contribution in [2.45, 2.75) is 50.6 Å². The number of benzene rings is 1. The fourth-order valence-corrected chi connectivity index (χ4v) is 4.43. The minimum absolute atomic E-state index is 0.361. The summed E-state index contributed by atoms with van der Waals surface area (Å²) in [4.78, 5) is 6.34. The minimum Gasteiger partial charge on any atom is -0.472 e. The zero-order valence-electron chi connectivity index (χ0n) is 14.7. The summed E-state index contributed by atoms with van der Waals surface area (Å²) in [7, 11) is 0. The number of ether oxygens (including phenoxy) is 1. The molecule has 1 saturated carbocycles. The van der Waals surface area contributed by atoms with Gasteiger partial charge in [0.2, 0.25) is 0 Å². The van der Waals surface area contributed by atoms with Gasteiger partial charge >= 0.3 is 0 Å². The molecule has 1 unspecified atom stereocenters. The lowest BCUT2D eigenvalue weighted by atomic mass is 9.90. The Bertz CT molecular complexity index is 907. The summed E-state index contributed by atoms with van der Waals surface area (Å²) in [6.07, 6.45) is 3.96. The molecule has 1 aromatic heterocycles. The van der Waals surface area contributed by atoms with Crippen molar-refractivity contribution in [2.24, 2.45) is 0 Å². The molecule has 7 heteroatoms. The van der Waals surface area contributed by atoms with Crippen LogP contribution in [-0.4, -0.2) is 20.7 Å². The van der Waals surface area contributed by atoms with Crippen molar-refractivity contribution in [2.75, 3.05) is 0 Å². The molecule has 0 saturated heterocycles. The summed E-state index contributed by atoms with van der Waals surface area (Å²) in [6, 6.07) is 10.7. The van der Waals surface area contributed by atoms with Gasteiger partial charge in [0, 0.05) is 31.0 Å². The van der Waals surface area contributed by atoms with Gasteiger partial charge in [-0.3, -0.25) is 0 Å². The van der Waals surface area contributed by atoms with Gasteiger partial charge in [0.1, 0.15) is 23.2 Å². The van der Waals surface area contributed by atoms with E-state index in [9.17, 15) is 5.11 Å². The van der Waals surface area contributed by atoms with Crippen LogP contribution in [0.15, 0.2) is 30.3 Å². The number of halogens is 2. The van der Waals surface area contributed by atoms with Crippen LogP contribution < -0.4 is 4.74 Å². The zero-order valence-corrected chi connectivity index (χ0v) is 16.2. The first-order valence-corrected chi connectivity index (χ1v) is 9.77. The molecule has 1 aliphatic carbocycles. The molecule has 0 spiro atoms. The molecule has 0 radical (unpaired) electrons. The van der Waals surface area contributed by atoms with Crippen LogP contribution in [0.3, 0.4) is 0 Å². The van der Waals surface area contributed by atoms with Gasteiger partial charge in [-0.25, -0.2) is 9.88 Å². The van der Waals surface area contributed by atoms with Crippen LogP contribution in [0.5, 0.6) is 5.75 Å². The molecule has 1 fully saturated rings. The molecule has 2 heterocycles. The van der Waals surface area contributed by atoms with Gasteiger partial charge in [-0.05, 0) is 31.0 Å². The summed E-state index contributed by atoms with van der Waals surface area (Å²) < 4.78 is 6.45. The molecule has 1 aliphatic heterocycles. The van der Waals surface area contributed by atoms with E-state index in [2.05, 4.69) is 11.1 Å². The Morgan fingerprint density at radius 3 is 2.67 bits per heavy atom. The maximum atomic E-state index is 11.0. The SMILES string of the molecule is N#Cc1ccc(OC2(N3Cc4nc(Cl)ccc4C3O)CCCCC2)cc1Cl. The molecule has 1 N–H and O–H groups in total. The number of aliphatic hydroxyl groups excluding tert-OH is 1. The van der Waals surface area contributed by atoms with Crippen LogP contribution in [-0.2, 0) is 6.54 Å². The van der Waals surface area contributed by atoms with E-state index >= 15 is 0 Å². The van der Waals surface area contributed by atoms with E-state index in [0.29, 0.717) is 28.0 Å². The first kappa shape index (κ1) is 18.5. The topological polar surface area (TPSA) is 69.4 Å². The average molecular weight is 404 g/mol. The van der Waals surface area contributed by atoms with Gasteiger partial charge in [0.25, 0.3) is 0 Å². The molecule has 2 aromatic rings. The first-order valence-electron chi connectivity index (χ1n) is 9.01. The monoisotopic (exact) mass is 403 g/mol. The van der Waals surface area contributed by atoms with E-state index in [0.717, 1.165) is 43.4 Å². The largest absolute Gasteiger partial charge is 0.472 e. The van der Waals surface area contributed by atoms with E-state index in [1.165, 1.54) is 0 Å². The Balaban J connectivity index is 1.67. The maximum Gasteiger partial charge on any atom is 0.166 e. The highest BCUT2D eigenvalue weighted by atomic mass is 35.5. The molecule has 4 rings (SSSR count). The Morgan fingerprint density at radius 1 is 1.19 bits per heavy atom.